The second-order valence-electron chi connectivity index (χ2n) is 4.90. The third-order valence-electron chi connectivity index (χ3n) is 3.59. The summed E-state index contributed by atoms with van der Waals surface area (Å²) < 4.78 is 5.10. The summed E-state index contributed by atoms with van der Waals surface area (Å²) in [5, 5.41) is 0.501. The van der Waals surface area contributed by atoms with Gasteiger partial charge in [-0.2, -0.15) is 0 Å². The second-order valence-corrected chi connectivity index (χ2v) is 4.90. The van der Waals surface area contributed by atoms with E-state index in [-0.39, 0.29) is 17.0 Å². The maximum absolute atomic E-state index is 12.1. The average molecular weight is 291 g/mol. The van der Waals surface area contributed by atoms with Crippen LogP contribution in [-0.2, 0) is 14.4 Å². The topological polar surface area (TPSA) is 72.9 Å². The molecule has 2 unspecified atom stereocenters. The van der Waals surface area contributed by atoms with Gasteiger partial charge in [0.1, 0.15) is 0 Å². The first-order valence-corrected chi connectivity index (χ1v) is 6.73. The number of fused-ring (bicyclic) bond motifs is 1. The Bertz CT molecular complexity index is 548. The number of amides is 2. The number of rotatable bonds is 5. The van der Waals surface area contributed by atoms with E-state index in [1.807, 2.05) is 13.8 Å². The highest BCUT2D eigenvalue weighted by Gasteiger charge is 2.40. The summed E-state index contributed by atoms with van der Waals surface area (Å²) in [6.45, 7) is 3.74. The van der Waals surface area contributed by atoms with Crippen LogP contribution in [0.5, 0.6) is 0 Å². The molecule has 6 nitrogen and oxygen atoms in total. The van der Waals surface area contributed by atoms with Gasteiger partial charge in [0.2, 0.25) is 0 Å². The van der Waals surface area contributed by atoms with E-state index in [1.165, 1.54) is 19.2 Å². The van der Waals surface area contributed by atoms with Gasteiger partial charge >= 0.3 is 5.97 Å². The molecule has 0 saturated heterocycles. The van der Waals surface area contributed by atoms with Crippen molar-refractivity contribution in [3.05, 3.63) is 35.4 Å². The molecule has 1 aromatic rings. The first kappa shape index (κ1) is 15.2. The number of ether oxygens (including phenoxy) is 1. The maximum atomic E-state index is 12.1. The molecular formula is C15H17NO5. The highest BCUT2D eigenvalue weighted by atomic mass is 16.7. The Balaban J connectivity index is 2.16. The van der Waals surface area contributed by atoms with Crippen LogP contribution in [0.3, 0.4) is 0 Å². The Labute approximate surface area is 122 Å². The fraction of sp³-hybridized carbons (Fsp3) is 0.400. The fourth-order valence-corrected chi connectivity index (χ4v) is 2.17. The smallest absolute Gasteiger partial charge is 0.361 e. The van der Waals surface area contributed by atoms with E-state index < -0.39 is 23.9 Å². The number of imide groups is 1. The van der Waals surface area contributed by atoms with Gasteiger partial charge in [0, 0.05) is 7.11 Å². The van der Waals surface area contributed by atoms with Gasteiger partial charge < -0.3 is 9.57 Å². The van der Waals surface area contributed by atoms with Crippen LogP contribution in [0.1, 0.15) is 41.0 Å². The largest absolute Gasteiger partial charge is 0.369 e. The zero-order valence-corrected chi connectivity index (χ0v) is 12.2. The monoisotopic (exact) mass is 291 g/mol. The molecule has 0 saturated carbocycles. The van der Waals surface area contributed by atoms with Crippen LogP contribution in [0.15, 0.2) is 24.3 Å². The molecule has 21 heavy (non-hydrogen) atoms. The predicted molar refractivity (Wildman–Crippen MR) is 73.3 cm³/mol. The highest BCUT2D eigenvalue weighted by Crippen LogP contribution is 2.23. The molecule has 1 heterocycles. The Hall–Kier alpha value is -2.21. The maximum Gasteiger partial charge on any atom is 0.361 e. The quantitative estimate of drug-likeness (QED) is 0.773. The van der Waals surface area contributed by atoms with E-state index in [0.717, 1.165) is 0 Å². The van der Waals surface area contributed by atoms with Gasteiger partial charge in [-0.3, -0.25) is 9.59 Å². The van der Waals surface area contributed by atoms with Gasteiger partial charge in [0.25, 0.3) is 11.8 Å². The van der Waals surface area contributed by atoms with E-state index in [0.29, 0.717) is 11.5 Å². The van der Waals surface area contributed by atoms with Crippen molar-refractivity contribution in [1.82, 2.24) is 5.06 Å². The van der Waals surface area contributed by atoms with Gasteiger partial charge in [-0.1, -0.05) is 37.5 Å². The van der Waals surface area contributed by atoms with Crippen molar-refractivity contribution in [3.63, 3.8) is 0 Å². The molecule has 0 fully saturated rings. The van der Waals surface area contributed by atoms with Gasteiger partial charge in [-0.05, 0) is 18.1 Å². The summed E-state index contributed by atoms with van der Waals surface area (Å²) in [5.41, 5.74) is 0.459. The van der Waals surface area contributed by atoms with Crippen LogP contribution in [0.2, 0.25) is 0 Å². The molecule has 1 aliphatic rings. The Morgan fingerprint density at radius 2 is 1.71 bits per heavy atom. The molecule has 2 rings (SSSR count). The van der Waals surface area contributed by atoms with E-state index >= 15 is 0 Å². The minimum absolute atomic E-state index is 0.0855. The van der Waals surface area contributed by atoms with Crippen molar-refractivity contribution in [3.8, 4) is 0 Å². The standard InChI is InChI=1S/C15H17NO5/c1-4-9(2)12(20-3)15(19)21-16-13(17)10-7-5-6-8-11(10)14(16)18/h5-9,12H,4H2,1-3H3. The number of methoxy groups -OCH3 is 1. The first-order chi connectivity index (χ1) is 10.0. The van der Waals surface area contributed by atoms with Gasteiger partial charge in [0.05, 0.1) is 11.1 Å². The molecule has 0 aliphatic carbocycles. The number of carbonyl (C=O) groups excluding carboxylic acids is 3. The summed E-state index contributed by atoms with van der Waals surface area (Å²) in [5.74, 6) is -2.11. The van der Waals surface area contributed by atoms with Crippen LogP contribution >= 0.6 is 0 Å². The lowest BCUT2D eigenvalue weighted by atomic mass is 10.0. The molecule has 1 aromatic carbocycles. The molecule has 112 valence electrons. The van der Waals surface area contributed by atoms with Crippen molar-refractivity contribution in [2.75, 3.05) is 7.11 Å². The van der Waals surface area contributed by atoms with Crippen LogP contribution in [0, 0.1) is 5.92 Å². The fourth-order valence-electron chi connectivity index (χ4n) is 2.17. The number of hydrogen-bond acceptors (Lipinski definition) is 5. The molecule has 0 bridgehead atoms. The van der Waals surface area contributed by atoms with Crippen molar-refractivity contribution in [2.45, 2.75) is 26.4 Å². The minimum atomic E-state index is -0.820. The molecular weight excluding hydrogens is 274 g/mol. The third-order valence-corrected chi connectivity index (χ3v) is 3.59. The van der Waals surface area contributed by atoms with Crippen LogP contribution in [0.4, 0.5) is 0 Å². The summed E-state index contributed by atoms with van der Waals surface area (Å²) in [4.78, 5) is 41.2. The molecule has 2 amide bonds. The third kappa shape index (κ3) is 2.67. The Morgan fingerprint density at radius 1 is 1.19 bits per heavy atom. The van der Waals surface area contributed by atoms with Crippen LogP contribution < -0.4 is 0 Å². The van der Waals surface area contributed by atoms with Crippen LogP contribution in [0.25, 0.3) is 0 Å². The van der Waals surface area contributed by atoms with Gasteiger partial charge in [0.15, 0.2) is 6.10 Å². The number of hydroxylamine groups is 2. The molecule has 0 N–H and O–H groups in total. The zero-order chi connectivity index (χ0) is 15.6. The van der Waals surface area contributed by atoms with E-state index in [1.54, 1.807) is 12.1 Å². The highest BCUT2D eigenvalue weighted by molar-refractivity contribution is 6.20. The zero-order valence-electron chi connectivity index (χ0n) is 12.2. The van der Waals surface area contributed by atoms with Crippen molar-refractivity contribution < 1.29 is 24.0 Å². The van der Waals surface area contributed by atoms with Gasteiger partial charge in [-0.15, -0.1) is 0 Å². The van der Waals surface area contributed by atoms with Gasteiger partial charge in [-0.25, -0.2) is 4.79 Å². The molecule has 6 heteroatoms. The number of hydrogen-bond donors (Lipinski definition) is 0. The van der Waals surface area contributed by atoms with E-state index in [2.05, 4.69) is 0 Å². The normalized spacial score (nSPS) is 16.6. The Morgan fingerprint density at radius 3 is 2.14 bits per heavy atom. The van der Waals surface area contributed by atoms with Crippen molar-refractivity contribution in [1.29, 1.82) is 0 Å². The van der Waals surface area contributed by atoms with E-state index in [4.69, 9.17) is 9.57 Å². The number of benzene rings is 1. The predicted octanol–water partition coefficient (Wildman–Crippen LogP) is 1.80. The SMILES string of the molecule is CCC(C)C(OC)C(=O)ON1C(=O)c2ccccc2C1=O. The molecule has 1 aliphatic heterocycles. The summed E-state index contributed by atoms with van der Waals surface area (Å²) in [6, 6.07) is 6.33. The molecule has 2 atom stereocenters. The Kier molecular flexibility index (Phi) is 4.37. The minimum Gasteiger partial charge on any atom is -0.369 e. The molecule has 0 spiro atoms. The second kappa shape index (κ2) is 6.05. The average Bonchev–Trinajstić information content (AvgIpc) is 2.73. The lowest BCUT2D eigenvalue weighted by Crippen LogP contribution is -2.39. The summed E-state index contributed by atoms with van der Waals surface area (Å²) in [6.07, 6.45) is -0.116. The molecule has 0 radical (unpaired) electrons. The molecule has 0 aromatic heterocycles. The summed E-state index contributed by atoms with van der Waals surface area (Å²) in [7, 11) is 1.39. The van der Waals surface area contributed by atoms with Crippen LogP contribution in [-0.4, -0.2) is 36.1 Å². The number of carbonyl (C=O) groups is 3. The van der Waals surface area contributed by atoms with E-state index in [9.17, 15) is 14.4 Å². The first-order valence-electron chi connectivity index (χ1n) is 6.73. The lowest BCUT2D eigenvalue weighted by molar-refractivity contribution is -0.183. The lowest BCUT2D eigenvalue weighted by Gasteiger charge is -2.21. The van der Waals surface area contributed by atoms with Crippen molar-refractivity contribution in [2.24, 2.45) is 5.92 Å². The summed E-state index contributed by atoms with van der Waals surface area (Å²) >= 11 is 0. The van der Waals surface area contributed by atoms with Crippen molar-refractivity contribution >= 4 is 17.8 Å². The number of nitrogens with zero attached hydrogens (tertiary/aromatic N) is 1.